The first kappa shape index (κ1) is 15.3. The number of benzene rings is 1. The Balaban J connectivity index is 1.78. The highest BCUT2D eigenvalue weighted by atomic mass is 79.9. The Labute approximate surface area is 149 Å². The molecule has 2 aliphatic carbocycles. The monoisotopic (exact) mass is 441 g/mol. The second kappa shape index (κ2) is 5.14. The van der Waals surface area contributed by atoms with Crippen LogP contribution in [0.15, 0.2) is 24.3 Å². The van der Waals surface area contributed by atoms with Crippen LogP contribution in [-0.4, -0.2) is 32.5 Å². The Morgan fingerprint density at radius 1 is 1.04 bits per heavy atom. The Hall–Kier alpha value is -1.21. The van der Waals surface area contributed by atoms with E-state index < -0.39 is 5.97 Å². The fraction of sp³-hybridized carbons (Fsp3) is 0.438. The van der Waals surface area contributed by atoms with Crippen molar-refractivity contribution in [2.45, 2.75) is 16.1 Å². The first-order chi connectivity index (χ1) is 10.9. The summed E-state index contributed by atoms with van der Waals surface area (Å²) < 4.78 is 0. The van der Waals surface area contributed by atoms with Crippen LogP contribution in [0.2, 0.25) is 0 Å². The Morgan fingerprint density at radius 3 is 2.09 bits per heavy atom. The fourth-order valence-corrected chi connectivity index (χ4v) is 6.31. The zero-order valence-corrected chi connectivity index (χ0v) is 15.0. The van der Waals surface area contributed by atoms with E-state index in [1.165, 1.54) is 12.1 Å². The number of para-hydroxylation sites is 1. The maximum Gasteiger partial charge on any atom is 0.337 e. The lowest BCUT2D eigenvalue weighted by molar-refractivity contribution is -0.123. The summed E-state index contributed by atoms with van der Waals surface area (Å²) in [5.74, 6) is -2.10. The van der Waals surface area contributed by atoms with E-state index in [1.54, 1.807) is 12.1 Å². The van der Waals surface area contributed by atoms with Crippen LogP contribution in [0.25, 0.3) is 0 Å². The van der Waals surface area contributed by atoms with Crippen LogP contribution in [0, 0.1) is 23.7 Å². The van der Waals surface area contributed by atoms with Gasteiger partial charge in [0, 0.05) is 9.65 Å². The number of amides is 2. The molecular formula is C16H13Br2NO4. The third-order valence-electron chi connectivity index (χ3n) is 5.36. The number of anilines is 1. The van der Waals surface area contributed by atoms with E-state index in [0.717, 1.165) is 11.3 Å². The minimum atomic E-state index is -1.14. The summed E-state index contributed by atoms with van der Waals surface area (Å²) in [5.41, 5.74) is 0.161. The van der Waals surface area contributed by atoms with Gasteiger partial charge in [0.1, 0.15) is 0 Å². The van der Waals surface area contributed by atoms with E-state index >= 15 is 0 Å². The van der Waals surface area contributed by atoms with Crippen molar-refractivity contribution in [3.05, 3.63) is 29.8 Å². The molecule has 1 heterocycles. The number of alkyl halides is 2. The van der Waals surface area contributed by atoms with Crippen molar-refractivity contribution < 1.29 is 19.5 Å². The zero-order chi connectivity index (χ0) is 16.5. The van der Waals surface area contributed by atoms with Gasteiger partial charge in [-0.1, -0.05) is 44.0 Å². The van der Waals surface area contributed by atoms with Gasteiger partial charge in [0.2, 0.25) is 11.8 Å². The van der Waals surface area contributed by atoms with Gasteiger partial charge in [-0.3, -0.25) is 9.59 Å². The molecule has 0 radical (unpaired) electrons. The lowest BCUT2D eigenvalue weighted by Gasteiger charge is -2.28. The summed E-state index contributed by atoms with van der Waals surface area (Å²) in [4.78, 5) is 38.6. The maximum absolute atomic E-state index is 12.9. The molecule has 5 nitrogen and oxygen atoms in total. The molecule has 0 spiro atoms. The van der Waals surface area contributed by atoms with Crippen molar-refractivity contribution in [3.8, 4) is 0 Å². The van der Waals surface area contributed by atoms with Crippen molar-refractivity contribution in [2.24, 2.45) is 23.7 Å². The molecule has 2 amide bonds. The van der Waals surface area contributed by atoms with E-state index in [9.17, 15) is 19.5 Å². The van der Waals surface area contributed by atoms with Crippen molar-refractivity contribution in [1.82, 2.24) is 0 Å². The largest absolute Gasteiger partial charge is 0.478 e. The molecule has 120 valence electrons. The number of imide groups is 1. The van der Waals surface area contributed by atoms with Crippen LogP contribution in [-0.2, 0) is 9.59 Å². The average Bonchev–Trinajstić information content (AvgIpc) is 3.12. The van der Waals surface area contributed by atoms with Crippen molar-refractivity contribution >= 4 is 55.3 Å². The molecule has 2 saturated carbocycles. The molecule has 2 bridgehead atoms. The Kier molecular flexibility index (Phi) is 3.43. The van der Waals surface area contributed by atoms with Crippen molar-refractivity contribution in [3.63, 3.8) is 0 Å². The second-order valence-corrected chi connectivity index (χ2v) is 8.45. The molecule has 3 aliphatic rings. The van der Waals surface area contributed by atoms with Gasteiger partial charge in [0.15, 0.2) is 0 Å². The van der Waals surface area contributed by atoms with Crippen LogP contribution in [0.4, 0.5) is 5.69 Å². The average molecular weight is 443 g/mol. The third kappa shape index (κ3) is 1.92. The molecule has 1 aromatic rings. The van der Waals surface area contributed by atoms with Gasteiger partial charge in [0.05, 0.1) is 23.1 Å². The summed E-state index contributed by atoms with van der Waals surface area (Å²) in [5, 5.41) is 9.34. The number of rotatable bonds is 2. The number of nitrogens with zero attached hydrogens (tertiary/aromatic N) is 1. The predicted octanol–water partition coefficient (Wildman–Crippen LogP) is 2.67. The summed E-state index contributed by atoms with van der Waals surface area (Å²) in [7, 11) is 0. The van der Waals surface area contributed by atoms with Gasteiger partial charge in [-0.25, -0.2) is 9.69 Å². The molecule has 1 aliphatic heterocycles. The van der Waals surface area contributed by atoms with Crippen molar-refractivity contribution in [2.75, 3.05) is 4.90 Å². The highest BCUT2D eigenvalue weighted by Gasteiger charge is 2.66. The highest BCUT2D eigenvalue weighted by Crippen LogP contribution is 2.60. The van der Waals surface area contributed by atoms with Crippen LogP contribution in [0.5, 0.6) is 0 Å². The number of carboxylic acids is 1. The maximum atomic E-state index is 12.9. The number of aromatic carboxylic acids is 1. The van der Waals surface area contributed by atoms with Crippen molar-refractivity contribution in [1.29, 1.82) is 0 Å². The molecule has 1 N–H and O–H groups in total. The number of halogens is 2. The van der Waals surface area contributed by atoms with E-state index in [0.29, 0.717) is 0 Å². The molecule has 7 heteroatoms. The molecule has 0 aromatic heterocycles. The molecule has 3 fully saturated rings. The number of fused-ring (bicyclic) bond motifs is 5. The van der Waals surface area contributed by atoms with Crippen LogP contribution < -0.4 is 4.90 Å². The van der Waals surface area contributed by atoms with Gasteiger partial charge in [-0.15, -0.1) is 0 Å². The lowest BCUT2D eigenvalue weighted by atomic mass is 9.81. The summed E-state index contributed by atoms with van der Waals surface area (Å²) in [6, 6.07) is 6.18. The molecule has 0 unspecified atom stereocenters. The van der Waals surface area contributed by atoms with Crippen LogP contribution in [0.3, 0.4) is 0 Å². The predicted molar refractivity (Wildman–Crippen MR) is 89.9 cm³/mol. The summed E-state index contributed by atoms with van der Waals surface area (Å²) in [6.45, 7) is 0. The normalized spacial score (nSPS) is 38.3. The third-order valence-corrected chi connectivity index (χ3v) is 8.57. The minimum absolute atomic E-state index is 0.0210. The SMILES string of the molecule is O=C(O)c1ccccc1N1C(=O)[C@@H]2[C@H]3C[C@@H]([C@H](Br)[C@H]3Br)[C@@H]2C1=O. The number of hydrogen-bond donors (Lipinski definition) is 1. The quantitative estimate of drug-likeness (QED) is 0.564. The van der Waals surface area contributed by atoms with Gasteiger partial charge in [0.25, 0.3) is 0 Å². The number of carboxylic acid groups (broad SMARTS) is 1. The molecule has 1 aromatic carbocycles. The number of carbonyl (C=O) groups is 3. The molecule has 6 atom stereocenters. The molecule has 1 saturated heterocycles. The first-order valence-corrected chi connectivity index (χ1v) is 9.25. The molecule has 4 rings (SSSR count). The van der Waals surface area contributed by atoms with E-state index in [-0.39, 0.29) is 56.4 Å². The van der Waals surface area contributed by atoms with Gasteiger partial charge in [-0.05, 0) is 30.4 Å². The summed E-state index contributed by atoms with van der Waals surface area (Å²) in [6.07, 6.45) is 0.854. The van der Waals surface area contributed by atoms with Gasteiger partial charge >= 0.3 is 5.97 Å². The Morgan fingerprint density at radius 2 is 1.57 bits per heavy atom. The van der Waals surface area contributed by atoms with Gasteiger partial charge < -0.3 is 5.11 Å². The fourth-order valence-electron chi connectivity index (χ4n) is 4.44. The number of hydrogen-bond acceptors (Lipinski definition) is 3. The minimum Gasteiger partial charge on any atom is -0.478 e. The first-order valence-electron chi connectivity index (χ1n) is 7.41. The highest BCUT2D eigenvalue weighted by molar-refractivity contribution is 9.12. The molecule has 23 heavy (non-hydrogen) atoms. The topological polar surface area (TPSA) is 74.7 Å². The van der Waals surface area contributed by atoms with E-state index in [4.69, 9.17) is 0 Å². The Bertz CT molecular complexity index is 705. The summed E-state index contributed by atoms with van der Waals surface area (Å²) >= 11 is 7.27. The number of carbonyl (C=O) groups excluding carboxylic acids is 2. The lowest BCUT2D eigenvalue weighted by Crippen LogP contribution is -2.37. The standard InChI is InChI=1S/C16H13Br2NO4/c17-12-7-5-8(13(12)18)11-10(7)14(20)19(15(11)21)9-4-2-1-3-6(9)16(22)23/h1-4,7-8,10-13H,5H2,(H,22,23)/t7-,8-,10-,11+,12+,13+/m1/s1. The zero-order valence-electron chi connectivity index (χ0n) is 11.9. The molecular weight excluding hydrogens is 430 g/mol. The van der Waals surface area contributed by atoms with E-state index in [1.807, 2.05) is 0 Å². The van der Waals surface area contributed by atoms with Crippen LogP contribution >= 0.6 is 31.9 Å². The second-order valence-electron chi connectivity index (χ2n) is 6.34. The van der Waals surface area contributed by atoms with Gasteiger partial charge in [-0.2, -0.15) is 0 Å². The van der Waals surface area contributed by atoms with Crippen LogP contribution in [0.1, 0.15) is 16.8 Å². The smallest absolute Gasteiger partial charge is 0.337 e. The van der Waals surface area contributed by atoms with E-state index in [2.05, 4.69) is 31.9 Å².